The summed E-state index contributed by atoms with van der Waals surface area (Å²) in [5.41, 5.74) is 3.90. The van der Waals surface area contributed by atoms with Crippen LogP contribution in [0.3, 0.4) is 0 Å². The highest BCUT2D eigenvalue weighted by molar-refractivity contribution is 6.46. The van der Waals surface area contributed by atoms with Crippen molar-refractivity contribution in [1.82, 2.24) is 5.43 Å². The lowest BCUT2D eigenvalue weighted by atomic mass is 10.2. The van der Waals surface area contributed by atoms with Crippen molar-refractivity contribution in [2.45, 2.75) is 13.3 Å². The first-order valence-electron chi connectivity index (χ1n) is 4.99. The van der Waals surface area contributed by atoms with E-state index < -0.39 is 5.91 Å². The molecular weight excluding hydrogens is 242 g/mol. The molecule has 0 unspecified atom stereocenters. The molecule has 1 aromatic carbocycles. The molecule has 6 heteroatoms. The van der Waals surface area contributed by atoms with Crippen molar-refractivity contribution in [2.75, 3.05) is 5.32 Å². The van der Waals surface area contributed by atoms with Crippen molar-refractivity contribution in [1.29, 1.82) is 0 Å². The van der Waals surface area contributed by atoms with Crippen LogP contribution in [0, 0.1) is 6.92 Å². The average Bonchev–Trinajstić information content (AvgIpc) is 2.70. The molecule has 2 amide bonds. The summed E-state index contributed by atoms with van der Waals surface area (Å²) in [7, 11) is 0. The number of benzene rings is 1. The second-order valence-corrected chi connectivity index (χ2v) is 4.10. The Morgan fingerprint density at radius 2 is 2.29 bits per heavy atom. The fraction of sp³-hybridized carbons (Fsp3) is 0.182. The van der Waals surface area contributed by atoms with Crippen LogP contribution in [0.15, 0.2) is 23.3 Å². The smallest absolute Gasteiger partial charge is 0.272 e. The zero-order chi connectivity index (χ0) is 12.4. The molecule has 0 saturated carbocycles. The third kappa shape index (κ3) is 2.62. The van der Waals surface area contributed by atoms with Crippen LogP contribution in [0.5, 0.6) is 0 Å². The molecule has 0 spiro atoms. The van der Waals surface area contributed by atoms with E-state index in [0.717, 1.165) is 5.56 Å². The Morgan fingerprint density at radius 1 is 1.53 bits per heavy atom. The van der Waals surface area contributed by atoms with Crippen molar-refractivity contribution in [3.05, 3.63) is 28.8 Å². The van der Waals surface area contributed by atoms with Gasteiger partial charge in [-0.3, -0.25) is 9.59 Å². The van der Waals surface area contributed by atoms with Gasteiger partial charge in [0.05, 0.1) is 6.42 Å². The molecule has 1 aliphatic rings. The van der Waals surface area contributed by atoms with Crippen molar-refractivity contribution >= 4 is 34.8 Å². The van der Waals surface area contributed by atoms with Crippen molar-refractivity contribution < 1.29 is 9.59 Å². The maximum Gasteiger partial charge on any atom is 0.272 e. The SMILES string of the molecule is Cc1ccc(NC(=O)C2=NNC(=O)C2)cc1Cl. The summed E-state index contributed by atoms with van der Waals surface area (Å²) < 4.78 is 0. The van der Waals surface area contributed by atoms with Gasteiger partial charge in [0.2, 0.25) is 5.91 Å². The van der Waals surface area contributed by atoms with Crippen molar-refractivity contribution in [2.24, 2.45) is 5.10 Å². The molecule has 2 rings (SSSR count). The van der Waals surface area contributed by atoms with Gasteiger partial charge in [-0.1, -0.05) is 17.7 Å². The number of rotatable bonds is 2. The van der Waals surface area contributed by atoms with Crippen LogP contribution in [0.25, 0.3) is 0 Å². The molecule has 1 aromatic rings. The molecule has 0 bridgehead atoms. The van der Waals surface area contributed by atoms with E-state index in [1.54, 1.807) is 18.2 Å². The van der Waals surface area contributed by atoms with Gasteiger partial charge in [0.25, 0.3) is 5.91 Å². The Labute approximate surface area is 103 Å². The third-order valence-electron chi connectivity index (χ3n) is 2.34. The zero-order valence-electron chi connectivity index (χ0n) is 9.08. The number of nitrogens with one attached hydrogen (secondary N) is 2. The molecule has 2 N–H and O–H groups in total. The number of aryl methyl sites for hydroxylation is 1. The molecule has 1 heterocycles. The molecular formula is C11H10ClN3O2. The molecule has 88 valence electrons. The maximum atomic E-state index is 11.7. The minimum Gasteiger partial charge on any atom is -0.321 e. The van der Waals surface area contributed by atoms with Gasteiger partial charge >= 0.3 is 0 Å². The van der Waals surface area contributed by atoms with Crippen LogP contribution in [-0.4, -0.2) is 17.5 Å². The predicted molar refractivity (Wildman–Crippen MR) is 65.0 cm³/mol. The molecule has 0 fully saturated rings. The Bertz CT molecular complexity index is 525. The summed E-state index contributed by atoms with van der Waals surface area (Å²) in [6, 6.07) is 5.20. The van der Waals surface area contributed by atoms with Gasteiger partial charge in [-0.25, -0.2) is 5.43 Å². The molecule has 1 aliphatic heterocycles. The lowest BCUT2D eigenvalue weighted by Gasteiger charge is -2.05. The predicted octanol–water partition coefficient (Wildman–Crippen LogP) is 1.46. The van der Waals surface area contributed by atoms with E-state index in [0.29, 0.717) is 10.7 Å². The first-order valence-corrected chi connectivity index (χ1v) is 5.37. The van der Waals surface area contributed by atoms with Crippen LogP contribution in [0.1, 0.15) is 12.0 Å². The van der Waals surface area contributed by atoms with Crippen LogP contribution in [0.4, 0.5) is 5.69 Å². The largest absolute Gasteiger partial charge is 0.321 e. The number of halogens is 1. The number of nitrogens with zero attached hydrogens (tertiary/aromatic N) is 1. The van der Waals surface area contributed by atoms with Crippen LogP contribution < -0.4 is 10.7 Å². The maximum absolute atomic E-state index is 11.7. The molecule has 5 nitrogen and oxygen atoms in total. The Hall–Kier alpha value is -1.88. The fourth-order valence-corrected chi connectivity index (χ4v) is 1.55. The highest BCUT2D eigenvalue weighted by Gasteiger charge is 2.21. The lowest BCUT2D eigenvalue weighted by Crippen LogP contribution is -2.22. The number of anilines is 1. The first kappa shape index (κ1) is 11.6. The number of carbonyl (C=O) groups excluding carboxylic acids is 2. The molecule has 17 heavy (non-hydrogen) atoms. The van der Waals surface area contributed by atoms with E-state index in [1.807, 2.05) is 6.92 Å². The van der Waals surface area contributed by atoms with Crippen molar-refractivity contribution in [3.63, 3.8) is 0 Å². The minimum atomic E-state index is -0.400. The standard InChI is InChI=1S/C11H10ClN3O2/c1-6-2-3-7(4-8(6)12)13-11(17)9-5-10(16)15-14-9/h2-4H,5H2,1H3,(H,13,17)(H,15,16). The molecule has 0 saturated heterocycles. The van der Waals surface area contributed by atoms with Gasteiger partial charge in [-0.2, -0.15) is 5.10 Å². The van der Waals surface area contributed by atoms with E-state index in [1.165, 1.54) is 0 Å². The highest BCUT2D eigenvalue weighted by atomic mass is 35.5. The third-order valence-corrected chi connectivity index (χ3v) is 2.74. The van der Waals surface area contributed by atoms with E-state index >= 15 is 0 Å². The first-order chi connectivity index (χ1) is 8.06. The Morgan fingerprint density at radius 3 is 2.88 bits per heavy atom. The number of hydrogen-bond donors (Lipinski definition) is 2. The highest BCUT2D eigenvalue weighted by Crippen LogP contribution is 2.20. The van der Waals surface area contributed by atoms with Gasteiger partial charge in [-0.15, -0.1) is 0 Å². The van der Waals surface area contributed by atoms with Gasteiger partial charge in [0.15, 0.2) is 0 Å². The molecule has 0 radical (unpaired) electrons. The van der Waals surface area contributed by atoms with Gasteiger partial charge in [0.1, 0.15) is 5.71 Å². The van der Waals surface area contributed by atoms with E-state index in [2.05, 4.69) is 15.8 Å². The fourth-order valence-electron chi connectivity index (χ4n) is 1.37. The summed E-state index contributed by atoms with van der Waals surface area (Å²) >= 11 is 5.93. The Kier molecular flexibility index (Phi) is 3.10. The summed E-state index contributed by atoms with van der Waals surface area (Å²) in [4.78, 5) is 22.6. The number of carbonyl (C=O) groups is 2. The van der Waals surface area contributed by atoms with Gasteiger partial charge in [0, 0.05) is 10.7 Å². The monoisotopic (exact) mass is 251 g/mol. The quantitative estimate of drug-likeness (QED) is 0.835. The van der Waals surface area contributed by atoms with E-state index in [9.17, 15) is 9.59 Å². The van der Waals surface area contributed by atoms with Crippen LogP contribution in [-0.2, 0) is 9.59 Å². The zero-order valence-corrected chi connectivity index (χ0v) is 9.84. The number of hydrogen-bond acceptors (Lipinski definition) is 3. The van der Waals surface area contributed by atoms with Gasteiger partial charge in [-0.05, 0) is 24.6 Å². The number of hydrazone groups is 1. The second-order valence-electron chi connectivity index (χ2n) is 3.69. The summed E-state index contributed by atoms with van der Waals surface area (Å²) in [5.74, 6) is -0.680. The Balaban J connectivity index is 2.08. The van der Waals surface area contributed by atoms with E-state index in [4.69, 9.17) is 11.6 Å². The van der Waals surface area contributed by atoms with Crippen molar-refractivity contribution in [3.8, 4) is 0 Å². The topological polar surface area (TPSA) is 70.6 Å². The summed E-state index contributed by atoms with van der Waals surface area (Å²) in [6.07, 6.45) is 0.00538. The van der Waals surface area contributed by atoms with Crippen LogP contribution in [0.2, 0.25) is 5.02 Å². The summed E-state index contributed by atoms with van der Waals surface area (Å²) in [5, 5.41) is 6.83. The molecule has 0 atom stereocenters. The number of amides is 2. The van der Waals surface area contributed by atoms with Gasteiger partial charge < -0.3 is 5.32 Å². The van der Waals surface area contributed by atoms with Crippen LogP contribution >= 0.6 is 11.6 Å². The molecule has 0 aromatic heterocycles. The van der Waals surface area contributed by atoms with E-state index in [-0.39, 0.29) is 18.0 Å². The lowest BCUT2D eigenvalue weighted by molar-refractivity contribution is -0.119. The average molecular weight is 252 g/mol. The molecule has 0 aliphatic carbocycles. The second kappa shape index (κ2) is 4.55. The minimum absolute atomic E-state index is 0.00538. The summed E-state index contributed by atoms with van der Waals surface area (Å²) in [6.45, 7) is 1.87. The normalized spacial score (nSPS) is 14.2.